The van der Waals surface area contributed by atoms with E-state index in [0.29, 0.717) is 5.92 Å². The molecule has 4 rings (SSSR count). The molecule has 1 unspecified atom stereocenters. The molecule has 3 aromatic rings. The van der Waals surface area contributed by atoms with E-state index >= 15 is 0 Å². The van der Waals surface area contributed by atoms with Gasteiger partial charge in [-0.25, -0.2) is 0 Å². The number of hydrogen-bond acceptors (Lipinski definition) is 1. The van der Waals surface area contributed by atoms with E-state index in [1.54, 1.807) is 0 Å². The zero-order valence-corrected chi connectivity index (χ0v) is 12.6. The van der Waals surface area contributed by atoms with Crippen molar-refractivity contribution in [1.82, 2.24) is 10.2 Å². The average molecular weight is 286 g/mol. The predicted molar refractivity (Wildman–Crippen MR) is 92.3 cm³/mol. The zero-order chi connectivity index (χ0) is 14.9. The van der Waals surface area contributed by atoms with Gasteiger partial charge in [-0.05, 0) is 35.1 Å². The summed E-state index contributed by atoms with van der Waals surface area (Å²) in [6.07, 6.45) is 5.50. The molecule has 0 aliphatic heterocycles. The maximum absolute atomic E-state index is 4.53. The lowest BCUT2D eigenvalue weighted by Crippen LogP contribution is -2.05. The Kier molecular flexibility index (Phi) is 3.15. The number of hydrogen-bond donors (Lipinski definition) is 1. The molecule has 2 aromatic carbocycles. The summed E-state index contributed by atoms with van der Waals surface area (Å²) in [6, 6.07) is 19.0. The molecule has 0 amide bonds. The van der Waals surface area contributed by atoms with Crippen LogP contribution in [0.1, 0.15) is 24.6 Å². The Hall–Kier alpha value is -2.61. The number of benzene rings is 2. The molecule has 2 heteroatoms. The molecular weight excluding hydrogens is 268 g/mol. The molecule has 1 heterocycles. The van der Waals surface area contributed by atoms with Gasteiger partial charge in [-0.3, -0.25) is 5.10 Å². The van der Waals surface area contributed by atoms with Crippen molar-refractivity contribution in [3.8, 4) is 0 Å². The second-order valence-electron chi connectivity index (χ2n) is 5.90. The smallest absolute Gasteiger partial charge is 0.0959 e. The Morgan fingerprint density at radius 2 is 1.73 bits per heavy atom. The summed E-state index contributed by atoms with van der Waals surface area (Å²) in [4.78, 5) is 0. The average Bonchev–Trinajstić information content (AvgIpc) is 2.99. The first-order chi connectivity index (χ1) is 10.8. The van der Waals surface area contributed by atoms with Crippen molar-refractivity contribution in [3.05, 3.63) is 78.0 Å². The highest BCUT2D eigenvalue weighted by Crippen LogP contribution is 2.37. The lowest BCUT2D eigenvalue weighted by Gasteiger charge is -2.21. The maximum Gasteiger partial charge on any atom is 0.0959 e. The van der Waals surface area contributed by atoms with Crippen LogP contribution in [-0.2, 0) is 0 Å². The highest BCUT2D eigenvalue weighted by atomic mass is 15.1. The van der Waals surface area contributed by atoms with Gasteiger partial charge in [-0.1, -0.05) is 67.6 Å². The number of para-hydroxylation sites is 1. The van der Waals surface area contributed by atoms with Gasteiger partial charge in [-0.2, -0.15) is 5.10 Å². The van der Waals surface area contributed by atoms with Crippen molar-refractivity contribution in [1.29, 1.82) is 0 Å². The molecule has 1 aromatic heterocycles. The minimum atomic E-state index is 0.498. The van der Waals surface area contributed by atoms with E-state index in [2.05, 4.69) is 77.8 Å². The number of aromatic nitrogens is 2. The lowest BCUT2D eigenvalue weighted by molar-refractivity contribution is 0.768. The summed E-state index contributed by atoms with van der Waals surface area (Å²) in [6.45, 7) is 2.29. The third-order valence-corrected chi connectivity index (χ3v) is 4.40. The highest BCUT2D eigenvalue weighted by Gasteiger charge is 2.19. The van der Waals surface area contributed by atoms with Crippen LogP contribution in [0.25, 0.3) is 22.0 Å². The van der Waals surface area contributed by atoms with Crippen LogP contribution in [-0.4, -0.2) is 10.2 Å². The van der Waals surface area contributed by atoms with E-state index < -0.39 is 0 Å². The Labute approximate surface area is 130 Å². The third-order valence-electron chi connectivity index (χ3n) is 4.40. The topological polar surface area (TPSA) is 28.7 Å². The predicted octanol–water partition coefficient (Wildman–Crippen LogP) is 5.07. The standard InChI is InChI=1S/C20H18N2/c1-14-13-16(11-12-17(14)15-7-3-2-4-8-15)20-18-9-5-6-10-19(18)21-22-20/h2-12,14H,13H2,1H3,(H,21,22). The fourth-order valence-electron chi connectivity index (χ4n) is 3.26. The van der Waals surface area contributed by atoms with Crippen molar-refractivity contribution >= 4 is 22.0 Å². The molecule has 0 fully saturated rings. The summed E-state index contributed by atoms with van der Waals surface area (Å²) in [7, 11) is 0. The van der Waals surface area contributed by atoms with Crippen LogP contribution in [0.15, 0.2) is 66.7 Å². The van der Waals surface area contributed by atoms with Crippen LogP contribution in [0.2, 0.25) is 0 Å². The van der Waals surface area contributed by atoms with Gasteiger partial charge < -0.3 is 0 Å². The summed E-state index contributed by atoms with van der Waals surface area (Å²) in [5.74, 6) is 0.498. The molecule has 0 saturated carbocycles. The molecule has 1 N–H and O–H groups in total. The monoisotopic (exact) mass is 286 g/mol. The number of H-pyrrole nitrogens is 1. The molecule has 1 aliphatic carbocycles. The van der Waals surface area contributed by atoms with E-state index in [1.165, 1.54) is 22.1 Å². The number of allylic oxidation sites excluding steroid dienone is 4. The van der Waals surface area contributed by atoms with Gasteiger partial charge in [0.05, 0.1) is 11.2 Å². The molecular formula is C20H18N2. The van der Waals surface area contributed by atoms with E-state index in [-0.39, 0.29) is 0 Å². The van der Waals surface area contributed by atoms with Crippen molar-refractivity contribution in [2.45, 2.75) is 13.3 Å². The van der Waals surface area contributed by atoms with Gasteiger partial charge in [0, 0.05) is 5.39 Å². The normalized spacial score (nSPS) is 18.1. The van der Waals surface area contributed by atoms with E-state index in [4.69, 9.17) is 0 Å². The second kappa shape index (κ2) is 5.30. The van der Waals surface area contributed by atoms with E-state index in [9.17, 15) is 0 Å². The van der Waals surface area contributed by atoms with Gasteiger partial charge in [0.2, 0.25) is 0 Å². The van der Waals surface area contributed by atoms with Gasteiger partial charge in [0.1, 0.15) is 0 Å². The summed E-state index contributed by atoms with van der Waals surface area (Å²) in [5.41, 5.74) is 6.22. The molecule has 0 radical (unpaired) electrons. The van der Waals surface area contributed by atoms with Gasteiger partial charge in [0.25, 0.3) is 0 Å². The maximum atomic E-state index is 4.53. The van der Waals surface area contributed by atoms with Crippen LogP contribution in [0.4, 0.5) is 0 Å². The van der Waals surface area contributed by atoms with Gasteiger partial charge in [0.15, 0.2) is 0 Å². The second-order valence-corrected chi connectivity index (χ2v) is 5.90. The molecule has 0 bridgehead atoms. The first kappa shape index (κ1) is 13.1. The van der Waals surface area contributed by atoms with E-state index in [1.807, 2.05) is 6.07 Å². The first-order valence-electron chi connectivity index (χ1n) is 7.72. The Balaban J connectivity index is 1.76. The number of nitrogens with zero attached hydrogens (tertiary/aromatic N) is 1. The summed E-state index contributed by atoms with van der Waals surface area (Å²) >= 11 is 0. The van der Waals surface area contributed by atoms with Crippen LogP contribution >= 0.6 is 0 Å². The van der Waals surface area contributed by atoms with Crippen LogP contribution in [0.5, 0.6) is 0 Å². The largest absolute Gasteiger partial charge is 0.277 e. The van der Waals surface area contributed by atoms with Crippen molar-refractivity contribution in [2.75, 3.05) is 0 Å². The molecule has 1 atom stereocenters. The fraction of sp³-hybridized carbons (Fsp3) is 0.150. The lowest BCUT2D eigenvalue weighted by atomic mass is 9.83. The van der Waals surface area contributed by atoms with Crippen molar-refractivity contribution in [3.63, 3.8) is 0 Å². The molecule has 2 nitrogen and oxygen atoms in total. The van der Waals surface area contributed by atoms with Gasteiger partial charge >= 0.3 is 0 Å². The summed E-state index contributed by atoms with van der Waals surface area (Å²) < 4.78 is 0. The molecule has 0 saturated heterocycles. The van der Waals surface area contributed by atoms with Gasteiger partial charge in [-0.15, -0.1) is 0 Å². The third kappa shape index (κ3) is 2.17. The Morgan fingerprint density at radius 3 is 2.55 bits per heavy atom. The molecule has 0 spiro atoms. The Morgan fingerprint density at radius 1 is 0.955 bits per heavy atom. The van der Waals surface area contributed by atoms with Crippen LogP contribution < -0.4 is 0 Å². The SMILES string of the molecule is CC1CC(c2n[nH]c3ccccc23)=CC=C1c1ccccc1. The fourth-order valence-corrected chi connectivity index (χ4v) is 3.26. The van der Waals surface area contributed by atoms with Crippen LogP contribution in [0, 0.1) is 5.92 Å². The molecule has 108 valence electrons. The van der Waals surface area contributed by atoms with E-state index in [0.717, 1.165) is 17.6 Å². The molecule has 1 aliphatic rings. The highest BCUT2D eigenvalue weighted by molar-refractivity contribution is 5.92. The zero-order valence-electron chi connectivity index (χ0n) is 12.6. The molecule has 22 heavy (non-hydrogen) atoms. The van der Waals surface area contributed by atoms with Crippen molar-refractivity contribution in [2.24, 2.45) is 5.92 Å². The number of nitrogens with one attached hydrogen (secondary N) is 1. The van der Waals surface area contributed by atoms with Crippen molar-refractivity contribution < 1.29 is 0 Å². The number of fused-ring (bicyclic) bond motifs is 1. The van der Waals surface area contributed by atoms with Crippen LogP contribution in [0.3, 0.4) is 0 Å². The Bertz CT molecular complexity index is 869. The quantitative estimate of drug-likeness (QED) is 0.700. The first-order valence-corrected chi connectivity index (χ1v) is 7.72. The number of aromatic amines is 1. The minimum Gasteiger partial charge on any atom is -0.277 e. The summed E-state index contributed by atoms with van der Waals surface area (Å²) in [5, 5.41) is 8.87. The number of rotatable bonds is 2. The minimum absolute atomic E-state index is 0.498.